The molecular weight excluding hydrogens is 400 g/mol. The minimum atomic E-state index is -0.361. The number of carbonyl (C=O) groups is 1. The van der Waals surface area contributed by atoms with Crippen molar-refractivity contribution in [3.63, 3.8) is 0 Å². The number of anilines is 2. The van der Waals surface area contributed by atoms with Crippen LogP contribution in [0.15, 0.2) is 84.9 Å². The molecule has 0 radical (unpaired) electrons. The van der Waals surface area contributed by atoms with Crippen LogP contribution in [0, 0.1) is 0 Å². The fourth-order valence-electron chi connectivity index (χ4n) is 2.78. The molecule has 30 heavy (non-hydrogen) atoms. The Labute approximate surface area is 179 Å². The van der Waals surface area contributed by atoms with Gasteiger partial charge in [-0.05, 0) is 59.3 Å². The summed E-state index contributed by atoms with van der Waals surface area (Å²) < 4.78 is 4.92. The first-order valence-electron chi connectivity index (χ1n) is 9.14. The molecule has 152 valence electrons. The number of benzene rings is 4. The molecule has 0 fully saturated rings. The predicted molar refractivity (Wildman–Crippen MR) is 122 cm³/mol. The van der Waals surface area contributed by atoms with Gasteiger partial charge in [0.25, 0.3) is 5.91 Å². The number of phenolic OH excluding ortho intramolecular Hbond substituents is 1. The van der Waals surface area contributed by atoms with Gasteiger partial charge in [0.1, 0.15) is 11.5 Å². The van der Waals surface area contributed by atoms with Crippen LogP contribution < -0.4 is 15.8 Å². The lowest BCUT2D eigenvalue weighted by atomic mass is 10.1. The topological polar surface area (TPSA) is 84.6 Å². The van der Waals surface area contributed by atoms with Gasteiger partial charge in [0.05, 0.1) is 12.7 Å². The summed E-state index contributed by atoms with van der Waals surface area (Å²) in [6.45, 7) is 0. The van der Waals surface area contributed by atoms with Gasteiger partial charge in [0, 0.05) is 22.5 Å². The molecule has 0 bridgehead atoms. The fourth-order valence-corrected chi connectivity index (χ4v) is 2.91. The number of nitrogen functional groups attached to an aromatic ring is 1. The highest BCUT2D eigenvalue weighted by Gasteiger charge is 2.12. The summed E-state index contributed by atoms with van der Waals surface area (Å²) in [5, 5.41) is 15.1. The normalized spacial score (nSPS) is 10.1. The fraction of sp³-hybridized carbons (Fsp3) is 0.0417. The number of ether oxygens (including phenoxy) is 1. The highest BCUT2D eigenvalue weighted by molar-refractivity contribution is 6.30. The number of phenols is 1. The number of amides is 1. The zero-order chi connectivity index (χ0) is 21.5. The Kier molecular flexibility index (Phi) is 6.78. The molecule has 0 atom stereocenters. The van der Waals surface area contributed by atoms with Crippen LogP contribution >= 0.6 is 11.6 Å². The Balaban J connectivity index is 0.000000239. The number of nitrogens with one attached hydrogen (secondary N) is 1. The summed E-state index contributed by atoms with van der Waals surface area (Å²) in [6.07, 6.45) is 0. The minimum absolute atomic E-state index is 0.0415. The lowest BCUT2D eigenvalue weighted by molar-refractivity contribution is 0.102. The molecule has 6 heteroatoms. The van der Waals surface area contributed by atoms with Crippen molar-refractivity contribution in [1.29, 1.82) is 0 Å². The van der Waals surface area contributed by atoms with Crippen LogP contribution in [0.4, 0.5) is 11.4 Å². The number of methoxy groups -OCH3 is 1. The molecule has 0 aliphatic heterocycles. The number of aromatic hydroxyl groups is 1. The summed E-state index contributed by atoms with van der Waals surface area (Å²) in [5.74, 6) is 0.399. The standard InChI is InChI=1S/C17H12ClNO2.C7H9NO/c18-13-5-7-14(8-6-13)19-17(21)15-9-11-3-1-2-4-12(11)10-16(15)20;1-9-7-4-2-3-6(8)5-7/h1-10,20H,(H,19,21);2-5H,8H2,1H3. The van der Waals surface area contributed by atoms with Crippen LogP contribution in [-0.2, 0) is 0 Å². The minimum Gasteiger partial charge on any atom is -0.507 e. The van der Waals surface area contributed by atoms with Gasteiger partial charge in [0.2, 0.25) is 0 Å². The summed E-state index contributed by atoms with van der Waals surface area (Å²) in [5.41, 5.74) is 7.05. The van der Waals surface area contributed by atoms with E-state index in [0.29, 0.717) is 10.7 Å². The molecule has 0 saturated heterocycles. The monoisotopic (exact) mass is 420 g/mol. The predicted octanol–water partition coefficient (Wildman–Crippen LogP) is 5.73. The number of halogens is 1. The Morgan fingerprint density at radius 1 is 0.933 bits per heavy atom. The zero-order valence-corrected chi connectivity index (χ0v) is 17.1. The zero-order valence-electron chi connectivity index (χ0n) is 16.3. The van der Waals surface area contributed by atoms with Crippen LogP contribution in [0.1, 0.15) is 10.4 Å². The molecule has 0 aliphatic rings. The van der Waals surface area contributed by atoms with Crippen molar-refractivity contribution in [3.8, 4) is 11.5 Å². The molecule has 4 aromatic rings. The van der Waals surface area contributed by atoms with Gasteiger partial charge in [-0.2, -0.15) is 0 Å². The van der Waals surface area contributed by atoms with Gasteiger partial charge in [-0.25, -0.2) is 0 Å². The van der Waals surface area contributed by atoms with E-state index in [2.05, 4.69) is 5.32 Å². The van der Waals surface area contributed by atoms with Gasteiger partial charge in [-0.15, -0.1) is 0 Å². The van der Waals surface area contributed by atoms with Gasteiger partial charge in [0.15, 0.2) is 0 Å². The first kappa shape index (κ1) is 21.0. The Hall–Kier alpha value is -3.70. The Morgan fingerprint density at radius 2 is 1.60 bits per heavy atom. The van der Waals surface area contributed by atoms with Crippen LogP contribution in [0.2, 0.25) is 5.02 Å². The lowest BCUT2D eigenvalue weighted by Gasteiger charge is -2.08. The number of carbonyl (C=O) groups excluding carboxylic acids is 1. The Bertz CT molecular complexity index is 1160. The third-order valence-corrected chi connectivity index (χ3v) is 4.56. The van der Waals surface area contributed by atoms with Crippen molar-refractivity contribution in [2.45, 2.75) is 0 Å². The second-order valence-electron chi connectivity index (χ2n) is 6.45. The third-order valence-electron chi connectivity index (χ3n) is 4.30. The van der Waals surface area contributed by atoms with Crippen molar-refractivity contribution in [3.05, 3.63) is 95.5 Å². The van der Waals surface area contributed by atoms with Gasteiger partial charge < -0.3 is 20.9 Å². The van der Waals surface area contributed by atoms with E-state index in [1.54, 1.807) is 49.6 Å². The highest BCUT2D eigenvalue weighted by atomic mass is 35.5. The number of fused-ring (bicyclic) bond motifs is 1. The third kappa shape index (κ3) is 5.43. The smallest absolute Gasteiger partial charge is 0.259 e. The number of rotatable bonds is 3. The Morgan fingerprint density at radius 3 is 2.20 bits per heavy atom. The van der Waals surface area contributed by atoms with E-state index in [4.69, 9.17) is 22.1 Å². The molecule has 0 heterocycles. The first-order chi connectivity index (χ1) is 14.5. The first-order valence-corrected chi connectivity index (χ1v) is 9.52. The number of nitrogens with two attached hydrogens (primary N) is 1. The second kappa shape index (κ2) is 9.67. The van der Waals surface area contributed by atoms with Gasteiger partial charge in [-0.1, -0.05) is 41.9 Å². The maximum absolute atomic E-state index is 12.3. The highest BCUT2D eigenvalue weighted by Crippen LogP contribution is 2.26. The molecule has 0 saturated carbocycles. The maximum atomic E-state index is 12.3. The van der Waals surface area contributed by atoms with Crippen LogP contribution in [0.25, 0.3) is 10.8 Å². The van der Waals surface area contributed by atoms with Crippen LogP contribution in [0.3, 0.4) is 0 Å². The van der Waals surface area contributed by atoms with Crippen LogP contribution in [-0.4, -0.2) is 18.1 Å². The number of hydrogen-bond donors (Lipinski definition) is 3. The molecule has 4 aromatic carbocycles. The summed E-state index contributed by atoms with van der Waals surface area (Å²) >= 11 is 5.80. The van der Waals surface area contributed by atoms with E-state index >= 15 is 0 Å². The number of hydrogen-bond acceptors (Lipinski definition) is 4. The summed E-state index contributed by atoms with van der Waals surface area (Å²) in [7, 11) is 1.62. The van der Waals surface area contributed by atoms with Crippen molar-refractivity contribution < 1.29 is 14.6 Å². The second-order valence-corrected chi connectivity index (χ2v) is 6.89. The van der Waals surface area contributed by atoms with E-state index in [1.807, 2.05) is 42.5 Å². The largest absolute Gasteiger partial charge is 0.507 e. The molecule has 4 N–H and O–H groups in total. The van der Waals surface area contributed by atoms with E-state index in [0.717, 1.165) is 22.2 Å². The van der Waals surface area contributed by atoms with Gasteiger partial charge >= 0.3 is 0 Å². The van der Waals surface area contributed by atoms with Crippen molar-refractivity contribution in [1.82, 2.24) is 0 Å². The molecule has 0 aliphatic carbocycles. The average molecular weight is 421 g/mol. The molecule has 1 amide bonds. The molecule has 0 unspecified atom stereocenters. The molecule has 4 rings (SSSR count). The summed E-state index contributed by atoms with van der Waals surface area (Å²) in [4.78, 5) is 12.3. The average Bonchev–Trinajstić information content (AvgIpc) is 2.75. The molecule has 5 nitrogen and oxygen atoms in total. The molecule has 0 aromatic heterocycles. The van der Waals surface area contributed by atoms with E-state index in [1.165, 1.54) is 0 Å². The van der Waals surface area contributed by atoms with Crippen LogP contribution in [0.5, 0.6) is 11.5 Å². The molecule has 0 spiro atoms. The van der Waals surface area contributed by atoms with E-state index in [9.17, 15) is 9.90 Å². The SMILES string of the molecule is COc1cccc(N)c1.O=C(Nc1ccc(Cl)cc1)c1cc2ccccc2cc1O. The van der Waals surface area contributed by atoms with Gasteiger partial charge in [-0.3, -0.25) is 4.79 Å². The molecular formula is C24H21ClN2O3. The summed E-state index contributed by atoms with van der Waals surface area (Å²) in [6, 6.07) is 24.9. The van der Waals surface area contributed by atoms with Crippen molar-refractivity contribution in [2.24, 2.45) is 0 Å². The van der Waals surface area contributed by atoms with E-state index in [-0.39, 0.29) is 17.2 Å². The lowest BCUT2D eigenvalue weighted by Crippen LogP contribution is -2.12. The quantitative estimate of drug-likeness (QED) is 0.369. The van der Waals surface area contributed by atoms with E-state index < -0.39 is 0 Å². The van der Waals surface area contributed by atoms with Crippen molar-refractivity contribution in [2.75, 3.05) is 18.2 Å². The maximum Gasteiger partial charge on any atom is 0.259 e. The van der Waals surface area contributed by atoms with Crippen molar-refractivity contribution >= 4 is 39.7 Å².